The first-order valence-electron chi connectivity index (χ1n) is 9.56. The molecule has 0 spiro atoms. The molecule has 2 aromatic heterocycles. The second-order valence-corrected chi connectivity index (χ2v) is 7.46. The predicted octanol–water partition coefficient (Wildman–Crippen LogP) is 3.65. The second-order valence-electron chi connectivity index (χ2n) is 7.46. The molecule has 26 heavy (non-hydrogen) atoms. The van der Waals surface area contributed by atoms with E-state index in [9.17, 15) is 0 Å². The summed E-state index contributed by atoms with van der Waals surface area (Å²) in [6, 6.07) is 5.39. The summed E-state index contributed by atoms with van der Waals surface area (Å²) in [6.07, 6.45) is 15.5. The number of aromatic amines is 1. The van der Waals surface area contributed by atoms with Crippen molar-refractivity contribution in [2.45, 2.75) is 57.2 Å². The van der Waals surface area contributed by atoms with Crippen molar-refractivity contribution < 1.29 is 0 Å². The fourth-order valence-electron chi connectivity index (χ4n) is 4.38. The molecule has 4 rings (SSSR count). The quantitative estimate of drug-likeness (QED) is 0.916. The highest BCUT2D eigenvalue weighted by Crippen LogP contribution is 2.36. The smallest absolute Gasteiger partial charge is 0.0921 e. The SMILES string of the molecule is Cc1cccnc1[C@@H]1CCC[C@H](C2CC=CC(Cc3cnc[nH]3)=N2)N1C. The van der Waals surface area contributed by atoms with Crippen LogP contribution < -0.4 is 0 Å². The number of rotatable bonds is 4. The van der Waals surface area contributed by atoms with Gasteiger partial charge in [0.15, 0.2) is 0 Å². The van der Waals surface area contributed by atoms with Crippen LogP contribution in [-0.4, -0.2) is 44.7 Å². The molecule has 1 saturated heterocycles. The summed E-state index contributed by atoms with van der Waals surface area (Å²) >= 11 is 0. The zero-order valence-electron chi connectivity index (χ0n) is 15.6. The van der Waals surface area contributed by atoms with E-state index in [1.165, 1.54) is 30.5 Å². The minimum Gasteiger partial charge on any atom is -0.348 e. The van der Waals surface area contributed by atoms with Crippen molar-refractivity contribution in [2.24, 2.45) is 4.99 Å². The highest BCUT2D eigenvalue weighted by molar-refractivity contribution is 5.97. The molecule has 2 aliphatic heterocycles. The van der Waals surface area contributed by atoms with Crippen LogP contribution in [0.3, 0.4) is 0 Å². The van der Waals surface area contributed by atoms with Crippen LogP contribution >= 0.6 is 0 Å². The molecule has 136 valence electrons. The number of aromatic nitrogens is 3. The van der Waals surface area contributed by atoms with Crippen molar-refractivity contribution >= 4 is 5.71 Å². The molecule has 5 nitrogen and oxygen atoms in total. The van der Waals surface area contributed by atoms with Gasteiger partial charge in [0.25, 0.3) is 0 Å². The van der Waals surface area contributed by atoms with Gasteiger partial charge in [-0.15, -0.1) is 0 Å². The minimum absolute atomic E-state index is 0.328. The van der Waals surface area contributed by atoms with Crippen LogP contribution in [0.2, 0.25) is 0 Å². The van der Waals surface area contributed by atoms with Gasteiger partial charge < -0.3 is 4.98 Å². The molecule has 0 radical (unpaired) electrons. The van der Waals surface area contributed by atoms with Crippen molar-refractivity contribution in [2.75, 3.05) is 7.05 Å². The van der Waals surface area contributed by atoms with Gasteiger partial charge in [0.2, 0.25) is 0 Å². The second kappa shape index (κ2) is 7.54. The Morgan fingerprint density at radius 1 is 1.31 bits per heavy atom. The number of piperidine rings is 1. The minimum atomic E-state index is 0.328. The summed E-state index contributed by atoms with van der Waals surface area (Å²) in [5.41, 5.74) is 4.78. The van der Waals surface area contributed by atoms with Crippen LogP contribution in [0, 0.1) is 6.92 Å². The van der Waals surface area contributed by atoms with Gasteiger partial charge in [-0.1, -0.05) is 12.1 Å². The van der Waals surface area contributed by atoms with E-state index in [2.05, 4.69) is 47.1 Å². The third-order valence-corrected chi connectivity index (χ3v) is 5.75. The van der Waals surface area contributed by atoms with Crippen LogP contribution in [0.15, 0.2) is 48.0 Å². The maximum Gasteiger partial charge on any atom is 0.0921 e. The Kier molecular flexibility index (Phi) is 4.98. The number of aliphatic imine (C=N–C) groups is 1. The first kappa shape index (κ1) is 17.2. The molecule has 2 aromatic rings. The number of H-pyrrole nitrogens is 1. The van der Waals surface area contributed by atoms with Crippen LogP contribution in [0.4, 0.5) is 0 Å². The summed E-state index contributed by atoms with van der Waals surface area (Å²) in [4.78, 5) is 19.6. The highest BCUT2D eigenvalue weighted by Gasteiger charge is 2.35. The van der Waals surface area contributed by atoms with Gasteiger partial charge >= 0.3 is 0 Å². The first-order valence-corrected chi connectivity index (χ1v) is 9.56. The lowest BCUT2D eigenvalue weighted by atomic mass is 9.87. The number of nitrogens with zero attached hydrogens (tertiary/aromatic N) is 4. The number of imidazole rings is 1. The number of nitrogens with one attached hydrogen (secondary N) is 1. The number of aryl methyl sites for hydroxylation is 1. The molecular weight excluding hydrogens is 322 g/mol. The predicted molar refractivity (Wildman–Crippen MR) is 104 cm³/mol. The molecule has 1 N–H and O–H groups in total. The Hall–Kier alpha value is -2.27. The van der Waals surface area contributed by atoms with Gasteiger partial charge in [-0.25, -0.2) is 4.98 Å². The normalized spacial score (nSPS) is 26.7. The topological polar surface area (TPSA) is 57.2 Å². The van der Waals surface area contributed by atoms with E-state index in [0.29, 0.717) is 18.1 Å². The number of hydrogen-bond acceptors (Lipinski definition) is 4. The molecule has 3 atom stereocenters. The van der Waals surface area contributed by atoms with Crippen molar-refractivity contribution in [3.8, 4) is 0 Å². The van der Waals surface area contributed by atoms with Gasteiger partial charge in [0.1, 0.15) is 0 Å². The molecule has 0 aromatic carbocycles. The fraction of sp³-hybridized carbons (Fsp3) is 0.476. The van der Waals surface area contributed by atoms with Crippen LogP contribution in [0.1, 0.15) is 48.7 Å². The molecule has 4 heterocycles. The molecule has 1 unspecified atom stereocenters. The van der Waals surface area contributed by atoms with E-state index in [4.69, 9.17) is 9.98 Å². The molecule has 2 aliphatic rings. The number of likely N-dealkylation sites (N-methyl/N-ethyl adjacent to an activating group) is 1. The van der Waals surface area contributed by atoms with Crippen LogP contribution in [0.25, 0.3) is 0 Å². The third-order valence-electron chi connectivity index (χ3n) is 5.75. The third kappa shape index (κ3) is 3.49. The lowest BCUT2D eigenvalue weighted by molar-refractivity contribution is 0.0941. The van der Waals surface area contributed by atoms with Crippen molar-refractivity contribution in [3.05, 3.63) is 60.0 Å². The maximum atomic E-state index is 5.10. The van der Waals surface area contributed by atoms with E-state index in [1.54, 1.807) is 6.33 Å². The van der Waals surface area contributed by atoms with Crippen LogP contribution in [0.5, 0.6) is 0 Å². The van der Waals surface area contributed by atoms with Gasteiger partial charge in [0.05, 0.1) is 24.1 Å². The largest absolute Gasteiger partial charge is 0.348 e. The van der Waals surface area contributed by atoms with E-state index in [-0.39, 0.29) is 0 Å². The average molecular weight is 349 g/mol. The van der Waals surface area contributed by atoms with E-state index in [1.807, 2.05) is 18.5 Å². The highest BCUT2D eigenvalue weighted by atomic mass is 15.2. The molecular formula is C21H27N5. The number of allylic oxidation sites excluding steroid dienone is 1. The van der Waals surface area contributed by atoms with Crippen molar-refractivity contribution in [1.82, 2.24) is 19.9 Å². The zero-order valence-corrected chi connectivity index (χ0v) is 15.6. The summed E-state index contributed by atoms with van der Waals surface area (Å²) in [5, 5.41) is 0. The van der Waals surface area contributed by atoms with Crippen molar-refractivity contribution in [1.29, 1.82) is 0 Å². The lowest BCUT2D eigenvalue weighted by Crippen LogP contribution is -2.46. The number of pyridine rings is 1. The molecule has 0 amide bonds. The Balaban J connectivity index is 1.52. The molecule has 5 heteroatoms. The van der Waals surface area contributed by atoms with Gasteiger partial charge in [-0.2, -0.15) is 0 Å². The fourth-order valence-corrected chi connectivity index (χ4v) is 4.38. The Labute approximate surface area is 155 Å². The standard InChI is InChI=1S/C21H27N5/c1-15-6-5-11-23-21(15)20-10-4-9-19(26(20)2)18-8-3-7-16(25-18)12-17-13-22-14-24-17/h3,5-7,11,13-14,18-20H,4,8-10,12H2,1-2H3,(H,22,24)/t18?,19-,20+/m1/s1. The van der Waals surface area contributed by atoms with Gasteiger partial charge in [-0.3, -0.25) is 14.9 Å². The number of likely N-dealkylation sites (tertiary alicyclic amines) is 1. The van der Waals surface area contributed by atoms with E-state index < -0.39 is 0 Å². The van der Waals surface area contributed by atoms with Crippen molar-refractivity contribution in [3.63, 3.8) is 0 Å². The Bertz CT molecular complexity index is 792. The monoisotopic (exact) mass is 349 g/mol. The molecule has 0 saturated carbocycles. The summed E-state index contributed by atoms with van der Waals surface area (Å²) in [5.74, 6) is 0. The van der Waals surface area contributed by atoms with E-state index >= 15 is 0 Å². The summed E-state index contributed by atoms with van der Waals surface area (Å²) < 4.78 is 0. The molecule has 0 aliphatic carbocycles. The zero-order chi connectivity index (χ0) is 17.9. The number of hydrogen-bond donors (Lipinski definition) is 1. The Morgan fingerprint density at radius 2 is 2.23 bits per heavy atom. The average Bonchev–Trinajstić information content (AvgIpc) is 3.16. The lowest BCUT2D eigenvalue weighted by Gasteiger charge is -2.42. The Morgan fingerprint density at radius 3 is 3.04 bits per heavy atom. The van der Waals surface area contributed by atoms with Gasteiger partial charge in [0, 0.05) is 36.3 Å². The first-order chi connectivity index (χ1) is 12.7. The summed E-state index contributed by atoms with van der Waals surface area (Å²) in [6.45, 7) is 2.17. The molecule has 1 fully saturated rings. The number of dihydropyridines is 1. The van der Waals surface area contributed by atoms with Gasteiger partial charge in [-0.05, 0) is 57.4 Å². The maximum absolute atomic E-state index is 5.10. The summed E-state index contributed by atoms with van der Waals surface area (Å²) in [7, 11) is 2.25. The van der Waals surface area contributed by atoms with Crippen LogP contribution in [-0.2, 0) is 6.42 Å². The molecule has 0 bridgehead atoms. The van der Waals surface area contributed by atoms with E-state index in [0.717, 1.165) is 24.2 Å².